The van der Waals surface area contributed by atoms with Crippen molar-refractivity contribution in [2.24, 2.45) is 0 Å². The molecule has 0 spiro atoms. The fourth-order valence-corrected chi connectivity index (χ4v) is 8.44. The fraction of sp³-hybridized carbons (Fsp3) is 0.476. The van der Waals surface area contributed by atoms with E-state index in [2.05, 4.69) is 10.3 Å². The first-order valence-electron chi connectivity index (χ1n) is 20.5. The molecule has 4 aliphatic heterocycles. The average molecular weight is 869 g/mol. The summed E-state index contributed by atoms with van der Waals surface area (Å²) in [5.41, 5.74) is 5.90. The first-order valence-corrected chi connectivity index (χ1v) is 20.8. The molecule has 3 fully saturated rings. The number of nitrogens with zero attached hydrogens (tertiary/aromatic N) is 6. The molecule has 7 rings (SSSR count). The first kappa shape index (κ1) is 43.3. The van der Waals surface area contributed by atoms with Crippen molar-refractivity contribution in [2.75, 3.05) is 81.5 Å². The number of urea groups is 1. The van der Waals surface area contributed by atoms with E-state index in [0.717, 1.165) is 30.2 Å². The van der Waals surface area contributed by atoms with Gasteiger partial charge in [-0.25, -0.2) is 19.4 Å². The summed E-state index contributed by atoms with van der Waals surface area (Å²) in [4.78, 5) is 78.3. The van der Waals surface area contributed by atoms with Crippen molar-refractivity contribution in [3.63, 3.8) is 0 Å². The molecule has 1 aromatic heterocycles. The Morgan fingerprint density at radius 3 is 2.38 bits per heavy atom. The number of piperidine rings is 2. The van der Waals surface area contributed by atoms with E-state index in [9.17, 15) is 37.1 Å². The molecule has 1 atom stereocenters. The van der Waals surface area contributed by atoms with Crippen LogP contribution in [-0.4, -0.2) is 132 Å². The van der Waals surface area contributed by atoms with Crippen LogP contribution in [0.2, 0.25) is 5.02 Å². The van der Waals surface area contributed by atoms with Crippen molar-refractivity contribution < 1.29 is 46.6 Å². The van der Waals surface area contributed by atoms with Gasteiger partial charge in [0, 0.05) is 83.1 Å². The van der Waals surface area contributed by atoms with Crippen LogP contribution in [0, 0.1) is 0 Å². The smallest absolute Gasteiger partial charge is 0.418 e. The van der Waals surface area contributed by atoms with Crippen LogP contribution < -0.4 is 16.0 Å². The zero-order chi connectivity index (χ0) is 43.3. The summed E-state index contributed by atoms with van der Waals surface area (Å²) in [6.45, 7) is 3.01. The van der Waals surface area contributed by atoms with Crippen LogP contribution in [0.4, 0.5) is 40.0 Å². The van der Waals surface area contributed by atoms with Gasteiger partial charge in [0.25, 0.3) is 5.91 Å². The molecule has 0 bridgehead atoms. The van der Waals surface area contributed by atoms with E-state index >= 15 is 0 Å². The summed E-state index contributed by atoms with van der Waals surface area (Å²) in [6.07, 6.45) is -2.25. The summed E-state index contributed by atoms with van der Waals surface area (Å²) in [7, 11) is 0. The highest BCUT2D eigenvalue weighted by Gasteiger charge is 2.38. The number of amides is 5. The number of nitrogens with one attached hydrogen (secondary N) is 1. The Morgan fingerprint density at radius 2 is 1.67 bits per heavy atom. The van der Waals surface area contributed by atoms with Crippen molar-refractivity contribution in [1.29, 1.82) is 0 Å². The van der Waals surface area contributed by atoms with Gasteiger partial charge in [0.1, 0.15) is 12.4 Å². The standard InChI is InChI=1S/C42H48ClF3N8O7/c43-32-24-27(23-31(37(32)47)42(44,45)46)25-34(61-41(59)53-14-11-30(12-15-53)54-16-10-28-5-1-2-6-33(28)49-40(54)58)38(56)52-19-17-50(18-20-52)35-9-8-29(26-48-35)39(57)60-22-21-51-13-4-3-7-36(51)55/h1-2,5-6,8-9,23-24,26,30,34H,3-4,7,10-22,25,47H2,(H,49,58)/t34-/m1/s1. The van der Waals surface area contributed by atoms with Gasteiger partial charge in [0.15, 0.2) is 6.10 Å². The number of likely N-dealkylation sites (tertiary alicyclic amines) is 2. The summed E-state index contributed by atoms with van der Waals surface area (Å²) in [5, 5.41) is 2.62. The Labute approximate surface area is 355 Å². The summed E-state index contributed by atoms with van der Waals surface area (Å²) < 4.78 is 53.0. The molecule has 5 heterocycles. The molecule has 0 radical (unpaired) electrons. The summed E-state index contributed by atoms with van der Waals surface area (Å²) >= 11 is 6.13. The number of carbonyl (C=O) groups is 5. The highest BCUT2D eigenvalue weighted by molar-refractivity contribution is 6.33. The molecule has 0 unspecified atom stereocenters. The number of halogens is 4. The number of fused-ring (bicyclic) bond motifs is 1. The van der Waals surface area contributed by atoms with E-state index in [-0.39, 0.29) is 66.9 Å². The van der Waals surface area contributed by atoms with Crippen LogP contribution in [0.1, 0.15) is 59.2 Å². The molecule has 15 nitrogen and oxygen atoms in total. The highest BCUT2D eigenvalue weighted by atomic mass is 35.5. The maximum absolute atomic E-state index is 14.1. The Kier molecular flexibility index (Phi) is 13.4. The van der Waals surface area contributed by atoms with Gasteiger partial charge in [0.2, 0.25) is 5.91 Å². The Balaban J connectivity index is 0.970. The molecule has 4 aliphatic rings. The normalized spacial score (nSPS) is 18.3. The quantitative estimate of drug-likeness (QED) is 0.197. The van der Waals surface area contributed by atoms with E-state index in [1.54, 1.807) is 21.9 Å². The number of piperazine rings is 1. The number of carbonyl (C=O) groups excluding carboxylic acids is 5. The minimum Gasteiger partial charge on any atom is -0.460 e. The predicted molar refractivity (Wildman–Crippen MR) is 219 cm³/mol. The van der Waals surface area contributed by atoms with Gasteiger partial charge in [-0.2, -0.15) is 13.2 Å². The van der Waals surface area contributed by atoms with Crippen LogP contribution in [0.15, 0.2) is 54.7 Å². The summed E-state index contributed by atoms with van der Waals surface area (Å²) in [5.74, 6) is -0.558. The van der Waals surface area contributed by atoms with Crippen molar-refractivity contribution in [1.82, 2.24) is 24.6 Å². The van der Waals surface area contributed by atoms with E-state index in [0.29, 0.717) is 64.2 Å². The van der Waals surface area contributed by atoms with Gasteiger partial charge in [-0.05, 0) is 73.6 Å². The number of ether oxygens (including phenoxy) is 2. The number of hydrogen-bond donors (Lipinski definition) is 2. The SMILES string of the molecule is Nc1c(Cl)cc(C[C@@H](OC(=O)N2CCC(N3CCc4ccccc4NC3=O)CC2)C(=O)N2CCN(c3ccc(C(=O)OCCN4CCCCC4=O)cn3)CC2)cc1C(F)(F)F. The first-order chi connectivity index (χ1) is 29.2. The number of alkyl halides is 3. The van der Waals surface area contributed by atoms with E-state index < -0.39 is 47.9 Å². The number of para-hydroxylation sites is 1. The predicted octanol–water partition coefficient (Wildman–Crippen LogP) is 5.46. The Hall–Kier alpha value is -5.78. The molecule has 5 amide bonds. The van der Waals surface area contributed by atoms with Crippen LogP contribution in [0.5, 0.6) is 0 Å². The maximum atomic E-state index is 14.1. The van der Waals surface area contributed by atoms with Crippen molar-refractivity contribution in [3.05, 3.63) is 82.0 Å². The van der Waals surface area contributed by atoms with E-state index in [4.69, 9.17) is 26.8 Å². The third-order valence-corrected chi connectivity index (χ3v) is 12.0. The largest absolute Gasteiger partial charge is 0.460 e. The maximum Gasteiger partial charge on any atom is 0.418 e. The molecule has 3 aromatic rings. The molecule has 3 N–H and O–H groups in total. The number of rotatable bonds is 10. The number of nitrogens with two attached hydrogens (primary N) is 1. The van der Waals surface area contributed by atoms with Crippen LogP contribution in [-0.2, 0) is 38.1 Å². The third kappa shape index (κ3) is 10.4. The Morgan fingerprint density at radius 1 is 0.918 bits per heavy atom. The number of pyridine rings is 1. The van der Waals surface area contributed by atoms with Crippen LogP contribution in [0.3, 0.4) is 0 Å². The van der Waals surface area contributed by atoms with E-state index in [1.807, 2.05) is 29.2 Å². The van der Waals surface area contributed by atoms with Gasteiger partial charge >= 0.3 is 24.3 Å². The second-order valence-corrected chi connectivity index (χ2v) is 16.0. The lowest BCUT2D eigenvalue weighted by Gasteiger charge is -2.39. The lowest BCUT2D eigenvalue weighted by Crippen LogP contribution is -2.54. The highest BCUT2D eigenvalue weighted by Crippen LogP contribution is 2.38. The van der Waals surface area contributed by atoms with Crippen LogP contribution in [0.25, 0.3) is 0 Å². The lowest BCUT2D eigenvalue weighted by atomic mass is 10.0. The van der Waals surface area contributed by atoms with Gasteiger partial charge in [-0.3, -0.25) is 9.59 Å². The molecule has 0 aliphatic carbocycles. The van der Waals surface area contributed by atoms with Gasteiger partial charge in [-0.1, -0.05) is 29.8 Å². The minimum absolute atomic E-state index is 0.00555. The van der Waals surface area contributed by atoms with Gasteiger partial charge < -0.3 is 45.0 Å². The zero-order valence-corrected chi connectivity index (χ0v) is 34.3. The summed E-state index contributed by atoms with van der Waals surface area (Å²) in [6, 6.07) is 12.5. The number of hydrogen-bond acceptors (Lipinski definition) is 10. The minimum atomic E-state index is -4.82. The molecular formula is C42H48ClF3N8O7. The number of aromatic nitrogens is 1. The second kappa shape index (κ2) is 18.9. The number of esters is 1. The molecular weight excluding hydrogens is 821 g/mol. The molecule has 2 aromatic carbocycles. The molecule has 326 valence electrons. The average Bonchev–Trinajstić information content (AvgIpc) is 3.42. The number of benzene rings is 2. The number of nitrogen functional groups attached to an aromatic ring is 1. The second-order valence-electron chi connectivity index (χ2n) is 15.6. The van der Waals surface area contributed by atoms with Crippen molar-refractivity contribution >= 4 is 58.7 Å². The van der Waals surface area contributed by atoms with Gasteiger partial charge in [-0.15, -0.1) is 0 Å². The topological polar surface area (TPSA) is 171 Å². The van der Waals surface area contributed by atoms with Crippen molar-refractivity contribution in [2.45, 2.75) is 63.3 Å². The third-order valence-electron chi connectivity index (χ3n) is 11.7. The fourth-order valence-electron chi connectivity index (χ4n) is 8.20. The molecule has 61 heavy (non-hydrogen) atoms. The van der Waals surface area contributed by atoms with Crippen LogP contribution >= 0.6 is 11.6 Å². The van der Waals surface area contributed by atoms with E-state index in [1.165, 1.54) is 22.1 Å². The Bertz CT molecular complexity index is 2110. The molecule has 3 saturated heterocycles. The monoisotopic (exact) mass is 868 g/mol. The van der Waals surface area contributed by atoms with Crippen molar-refractivity contribution in [3.8, 4) is 0 Å². The number of anilines is 3. The van der Waals surface area contributed by atoms with Gasteiger partial charge in [0.05, 0.1) is 28.4 Å². The lowest BCUT2D eigenvalue weighted by molar-refractivity contribution is -0.141. The zero-order valence-electron chi connectivity index (χ0n) is 33.5. The molecule has 19 heteroatoms. The molecule has 0 saturated carbocycles.